The standard InChI is InChI=1S/C28H35FN2O3/c1-3-30(4-2)14-6-5-10-20-16-22(32)17-24-26-23(28(33)34)12-8-13-25(26)31(27(20)24)18-19-9-7-11-21(29)15-19/h7,9,11,15-17,23,32H,3-6,8,10,12-14,18H2,1-2H3,(H,33,34). The summed E-state index contributed by atoms with van der Waals surface area (Å²) in [4.78, 5) is 14.6. The minimum absolute atomic E-state index is 0.173. The van der Waals surface area contributed by atoms with E-state index in [1.54, 1.807) is 18.2 Å². The van der Waals surface area contributed by atoms with Crippen LogP contribution in [0.25, 0.3) is 10.9 Å². The van der Waals surface area contributed by atoms with Crippen LogP contribution in [0, 0.1) is 5.82 Å². The number of carbonyl (C=O) groups is 1. The molecule has 0 saturated heterocycles. The van der Waals surface area contributed by atoms with E-state index in [1.165, 1.54) is 6.07 Å². The summed E-state index contributed by atoms with van der Waals surface area (Å²) in [5.74, 6) is -1.51. The number of fused-ring (bicyclic) bond motifs is 3. The number of aryl methyl sites for hydroxylation is 1. The summed E-state index contributed by atoms with van der Waals surface area (Å²) >= 11 is 0. The van der Waals surface area contributed by atoms with Crippen molar-refractivity contribution in [2.45, 2.75) is 64.8 Å². The first-order valence-corrected chi connectivity index (χ1v) is 12.5. The molecule has 34 heavy (non-hydrogen) atoms. The maximum Gasteiger partial charge on any atom is 0.311 e. The van der Waals surface area contributed by atoms with Gasteiger partial charge in [-0.25, -0.2) is 4.39 Å². The first-order chi connectivity index (χ1) is 16.4. The number of aliphatic carboxylic acids is 1. The molecule has 1 atom stereocenters. The van der Waals surface area contributed by atoms with Crippen molar-refractivity contribution in [2.75, 3.05) is 19.6 Å². The van der Waals surface area contributed by atoms with Gasteiger partial charge in [-0.1, -0.05) is 26.0 Å². The smallest absolute Gasteiger partial charge is 0.311 e. The van der Waals surface area contributed by atoms with Gasteiger partial charge in [0.1, 0.15) is 11.6 Å². The third kappa shape index (κ3) is 4.97. The lowest BCUT2D eigenvalue weighted by Gasteiger charge is -2.21. The fourth-order valence-corrected chi connectivity index (χ4v) is 5.53. The normalized spacial score (nSPS) is 15.7. The van der Waals surface area contributed by atoms with Crippen LogP contribution in [-0.4, -0.2) is 45.3 Å². The number of aromatic hydroxyl groups is 1. The molecule has 1 heterocycles. The largest absolute Gasteiger partial charge is 0.508 e. The Bertz CT molecular complexity index is 1170. The van der Waals surface area contributed by atoms with Crippen LogP contribution in [0.4, 0.5) is 4.39 Å². The minimum Gasteiger partial charge on any atom is -0.508 e. The second-order valence-electron chi connectivity index (χ2n) is 9.34. The molecule has 0 fully saturated rings. The zero-order valence-electron chi connectivity index (χ0n) is 20.2. The quantitative estimate of drug-likeness (QED) is 0.376. The van der Waals surface area contributed by atoms with Gasteiger partial charge in [0.05, 0.1) is 11.4 Å². The summed E-state index contributed by atoms with van der Waals surface area (Å²) in [6, 6.07) is 10.1. The van der Waals surface area contributed by atoms with Gasteiger partial charge >= 0.3 is 5.97 Å². The van der Waals surface area contributed by atoms with Crippen LogP contribution in [0.5, 0.6) is 5.75 Å². The molecule has 2 N–H and O–H groups in total. The summed E-state index contributed by atoms with van der Waals surface area (Å²) in [5.41, 5.74) is 4.70. The van der Waals surface area contributed by atoms with Crippen molar-refractivity contribution in [3.8, 4) is 5.75 Å². The van der Waals surface area contributed by atoms with E-state index in [0.717, 1.165) is 85.0 Å². The van der Waals surface area contributed by atoms with Gasteiger partial charge in [-0.05, 0) is 99.1 Å². The van der Waals surface area contributed by atoms with Crippen LogP contribution in [0.3, 0.4) is 0 Å². The van der Waals surface area contributed by atoms with Crippen molar-refractivity contribution in [2.24, 2.45) is 0 Å². The number of carboxylic acid groups (broad SMARTS) is 1. The Morgan fingerprint density at radius 1 is 1.18 bits per heavy atom. The minimum atomic E-state index is -0.824. The number of phenols is 1. The molecule has 0 radical (unpaired) electrons. The number of unbranched alkanes of at least 4 members (excludes halogenated alkanes) is 1. The fourth-order valence-electron chi connectivity index (χ4n) is 5.53. The molecule has 0 amide bonds. The highest BCUT2D eigenvalue weighted by atomic mass is 19.1. The Hall–Kier alpha value is -2.86. The molecule has 0 bridgehead atoms. The Morgan fingerprint density at radius 2 is 1.97 bits per heavy atom. The van der Waals surface area contributed by atoms with Gasteiger partial charge in [0.2, 0.25) is 0 Å². The maximum absolute atomic E-state index is 14.0. The second-order valence-corrected chi connectivity index (χ2v) is 9.34. The molecule has 182 valence electrons. The van der Waals surface area contributed by atoms with Crippen molar-refractivity contribution in [1.29, 1.82) is 0 Å². The van der Waals surface area contributed by atoms with Gasteiger partial charge in [0, 0.05) is 17.6 Å². The lowest BCUT2D eigenvalue weighted by Crippen LogP contribution is -2.23. The average molecular weight is 467 g/mol. The Morgan fingerprint density at radius 3 is 2.68 bits per heavy atom. The lowest BCUT2D eigenvalue weighted by atomic mass is 9.85. The van der Waals surface area contributed by atoms with Crippen molar-refractivity contribution in [1.82, 2.24) is 9.47 Å². The van der Waals surface area contributed by atoms with Crippen LogP contribution in [0.1, 0.15) is 67.8 Å². The molecule has 1 aromatic heterocycles. The summed E-state index contributed by atoms with van der Waals surface area (Å²) in [5, 5.41) is 21.4. The van der Waals surface area contributed by atoms with Crippen molar-refractivity contribution in [3.05, 3.63) is 64.6 Å². The van der Waals surface area contributed by atoms with Crippen molar-refractivity contribution >= 4 is 16.9 Å². The van der Waals surface area contributed by atoms with Gasteiger partial charge in [0.15, 0.2) is 0 Å². The molecule has 0 aliphatic heterocycles. The van der Waals surface area contributed by atoms with E-state index in [9.17, 15) is 19.4 Å². The Labute approximate surface area is 200 Å². The number of aromatic nitrogens is 1. The molecular weight excluding hydrogens is 431 g/mol. The average Bonchev–Trinajstić information content (AvgIpc) is 3.12. The van der Waals surface area contributed by atoms with Crippen molar-refractivity contribution in [3.63, 3.8) is 0 Å². The third-order valence-electron chi connectivity index (χ3n) is 7.22. The van der Waals surface area contributed by atoms with Gasteiger partial charge in [-0.2, -0.15) is 0 Å². The maximum atomic E-state index is 14.0. The summed E-state index contributed by atoms with van der Waals surface area (Å²) in [7, 11) is 0. The van der Waals surface area contributed by atoms with Crippen LogP contribution in [-0.2, 0) is 24.2 Å². The molecule has 5 nitrogen and oxygen atoms in total. The van der Waals surface area contributed by atoms with E-state index < -0.39 is 11.9 Å². The molecule has 0 saturated carbocycles. The van der Waals surface area contributed by atoms with Gasteiger partial charge in [-0.3, -0.25) is 4.79 Å². The van der Waals surface area contributed by atoms with E-state index in [-0.39, 0.29) is 11.6 Å². The van der Waals surface area contributed by atoms with Crippen molar-refractivity contribution < 1.29 is 19.4 Å². The van der Waals surface area contributed by atoms with Crippen LogP contribution in [0.15, 0.2) is 36.4 Å². The summed E-state index contributed by atoms with van der Waals surface area (Å²) in [6.45, 7) is 7.93. The van der Waals surface area contributed by atoms with Gasteiger partial charge in [-0.15, -0.1) is 0 Å². The highest BCUT2D eigenvalue weighted by Crippen LogP contribution is 2.42. The lowest BCUT2D eigenvalue weighted by molar-refractivity contribution is -0.139. The van der Waals surface area contributed by atoms with E-state index in [4.69, 9.17) is 0 Å². The van der Waals surface area contributed by atoms with E-state index in [2.05, 4.69) is 23.3 Å². The van der Waals surface area contributed by atoms with E-state index in [0.29, 0.717) is 13.0 Å². The monoisotopic (exact) mass is 466 g/mol. The number of halogens is 1. The molecule has 1 unspecified atom stereocenters. The molecule has 3 aromatic rings. The number of hydrogen-bond acceptors (Lipinski definition) is 3. The highest BCUT2D eigenvalue weighted by molar-refractivity contribution is 5.94. The van der Waals surface area contributed by atoms with Crippen LogP contribution < -0.4 is 0 Å². The number of hydrogen-bond donors (Lipinski definition) is 2. The van der Waals surface area contributed by atoms with Crippen LogP contribution >= 0.6 is 0 Å². The fraction of sp³-hybridized carbons (Fsp3) is 0.464. The summed E-state index contributed by atoms with van der Waals surface area (Å²) in [6.07, 6.45) is 5.01. The number of rotatable bonds is 10. The molecule has 0 spiro atoms. The molecule has 1 aliphatic rings. The predicted molar refractivity (Wildman–Crippen MR) is 133 cm³/mol. The number of carboxylic acids is 1. The Balaban J connectivity index is 1.78. The van der Waals surface area contributed by atoms with Crippen LogP contribution in [0.2, 0.25) is 0 Å². The predicted octanol–water partition coefficient (Wildman–Crippen LogP) is 5.70. The zero-order valence-corrected chi connectivity index (χ0v) is 20.2. The second kappa shape index (κ2) is 10.6. The first kappa shape index (κ1) is 24.3. The summed E-state index contributed by atoms with van der Waals surface area (Å²) < 4.78 is 16.1. The Kier molecular flexibility index (Phi) is 7.57. The SMILES string of the molecule is CCN(CC)CCCCc1cc(O)cc2c3c(n(Cc4cccc(F)c4)c12)CCCC3C(=O)O. The van der Waals surface area contributed by atoms with E-state index >= 15 is 0 Å². The molecule has 1 aliphatic carbocycles. The van der Waals surface area contributed by atoms with Gasteiger partial charge < -0.3 is 19.7 Å². The molecule has 2 aromatic carbocycles. The zero-order chi connectivity index (χ0) is 24.2. The number of phenolic OH excluding ortho intramolecular Hbond substituents is 1. The highest BCUT2D eigenvalue weighted by Gasteiger charge is 2.33. The van der Waals surface area contributed by atoms with Gasteiger partial charge in [0.25, 0.3) is 0 Å². The number of benzene rings is 2. The molecule has 4 rings (SSSR count). The van der Waals surface area contributed by atoms with E-state index in [1.807, 2.05) is 12.1 Å². The first-order valence-electron chi connectivity index (χ1n) is 12.5. The topological polar surface area (TPSA) is 65.7 Å². The number of nitrogens with zero attached hydrogens (tertiary/aromatic N) is 2. The molecular formula is C28H35FN2O3. The third-order valence-corrected chi connectivity index (χ3v) is 7.22. The molecule has 6 heteroatoms.